The van der Waals surface area contributed by atoms with Crippen LogP contribution >= 0.6 is 11.3 Å². The summed E-state index contributed by atoms with van der Waals surface area (Å²) in [5.74, 6) is 0.220. The minimum atomic E-state index is -0.388. The van der Waals surface area contributed by atoms with Crippen molar-refractivity contribution in [3.8, 4) is 0 Å². The highest BCUT2D eigenvalue weighted by molar-refractivity contribution is 7.08. The van der Waals surface area contributed by atoms with E-state index in [1.165, 1.54) is 11.3 Å². The van der Waals surface area contributed by atoms with Gasteiger partial charge in [-0.3, -0.25) is 14.6 Å². The molecule has 0 aromatic carbocycles. The van der Waals surface area contributed by atoms with E-state index in [4.69, 9.17) is 0 Å². The molecule has 2 aliphatic heterocycles. The van der Waals surface area contributed by atoms with E-state index in [2.05, 4.69) is 4.98 Å². The summed E-state index contributed by atoms with van der Waals surface area (Å²) in [6, 6.07) is 7.61. The number of amides is 2. The lowest BCUT2D eigenvalue weighted by Gasteiger charge is -2.23. The maximum Gasteiger partial charge on any atom is 0.254 e. The summed E-state index contributed by atoms with van der Waals surface area (Å²) in [5.41, 5.74) is 1.25. The zero-order chi connectivity index (χ0) is 16.6. The van der Waals surface area contributed by atoms with Crippen LogP contribution in [0, 0.1) is 5.41 Å². The van der Waals surface area contributed by atoms with Crippen LogP contribution in [0.15, 0.2) is 41.2 Å². The Labute approximate surface area is 144 Å². The third kappa shape index (κ3) is 2.60. The summed E-state index contributed by atoms with van der Waals surface area (Å²) < 4.78 is 0. The number of hydrogen-bond donors (Lipinski definition) is 0. The molecule has 1 spiro atoms. The van der Waals surface area contributed by atoms with Crippen molar-refractivity contribution >= 4 is 23.2 Å². The molecule has 4 heterocycles. The fraction of sp³-hybridized carbons (Fsp3) is 0.389. The van der Waals surface area contributed by atoms with Crippen molar-refractivity contribution in [1.29, 1.82) is 0 Å². The molecule has 2 aromatic heterocycles. The minimum Gasteiger partial charge on any atom is -0.338 e. The van der Waals surface area contributed by atoms with Gasteiger partial charge in [-0.05, 0) is 36.4 Å². The molecule has 4 rings (SSSR count). The fourth-order valence-electron chi connectivity index (χ4n) is 3.72. The van der Waals surface area contributed by atoms with Gasteiger partial charge in [0, 0.05) is 31.2 Å². The molecule has 24 heavy (non-hydrogen) atoms. The quantitative estimate of drug-likeness (QED) is 0.861. The molecule has 1 atom stereocenters. The van der Waals surface area contributed by atoms with E-state index in [1.807, 2.05) is 44.8 Å². The summed E-state index contributed by atoms with van der Waals surface area (Å²) in [6.45, 7) is 2.51. The highest BCUT2D eigenvalue weighted by Crippen LogP contribution is 2.41. The number of nitrogens with zero attached hydrogens (tertiary/aromatic N) is 3. The van der Waals surface area contributed by atoms with Crippen molar-refractivity contribution < 1.29 is 9.59 Å². The topological polar surface area (TPSA) is 53.5 Å². The molecule has 0 saturated carbocycles. The normalized spacial score (nSPS) is 23.4. The summed E-state index contributed by atoms with van der Waals surface area (Å²) in [7, 11) is 0. The average molecular weight is 341 g/mol. The van der Waals surface area contributed by atoms with Gasteiger partial charge < -0.3 is 9.80 Å². The molecule has 5 nitrogen and oxygen atoms in total. The number of carbonyl (C=O) groups excluding carboxylic acids is 2. The molecule has 2 amide bonds. The van der Waals surface area contributed by atoms with E-state index < -0.39 is 0 Å². The molecule has 2 aromatic rings. The van der Waals surface area contributed by atoms with Crippen molar-refractivity contribution in [2.45, 2.75) is 19.4 Å². The number of pyridine rings is 1. The Hall–Kier alpha value is -2.21. The molecule has 6 heteroatoms. The molecule has 0 radical (unpaired) electrons. The van der Waals surface area contributed by atoms with Gasteiger partial charge in [-0.15, -0.1) is 0 Å². The van der Waals surface area contributed by atoms with Crippen molar-refractivity contribution in [3.05, 3.63) is 52.5 Å². The second kappa shape index (κ2) is 6.02. The zero-order valence-electron chi connectivity index (χ0n) is 13.4. The Morgan fingerprint density at radius 3 is 2.88 bits per heavy atom. The summed E-state index contributed by atoms with van der Waals surface area (Å²) in [5, 5.41) is 3.78. The second-order valence-electron chi connectivity index (χ2n) is 6.57. The van der Waals surface area contributed by atoms with Gasteiger partial charge in [0.1, 0.15) is 0 Å². The monoisotopic (exact) mass is 341 g/mol. The van der Waals surface area contributed by atoms with Gasteiger partial charge >= 0.3 is 0 Å². The number of hydrogen-bond acceptors (Lipinski definition) is 4. The molecule has 2 aliphatic rings. The number of likely N-dealkylation sites (tertiary alicyclic amines) is 2. The van der Waals surface area contributed by atoms with Crippen LogP contribution in [0.2, 0.25) is 0 Å². The Morgan fingerprint density at radius 1 is 1.25 bits per heavy atom. The molecule has 0 N–H and O–H groups in total. The van der Waals surface area contributed by atoms with E-state index in [0.717, 1.165) is 30.6 Å². The fourth-order valence-corrected chi connectivity index (χ4v) is 4.35. The van der Waals surface area contributed by atoms with Crippen LogP contribution in [0.1, 0.15) is 28.9 Å². The zero-order valence-corrected chi connectivity index (χ0v) is 14.2. The molecule has 0 aliphatic carbocycles. The molecule has 0 bridgehead atoms. The van der Waals surface area contributed by atoms with Gasteiger partial charge in [-0.1, -0.05) is 6.07 Å². The molecular weight excluding hydrogens is 322 g/mol. The van der Waals surface area contributed by atoms with Crippen molar-refractivity contribution in [2.24, 2.45) is 5.41 Å². The molecular formula is C18H19N3O2S. The molecule has 2 saturated heterocycles. The second-order valence-corrected chi connectivity index (χ2v) is 7.35. The first-order chi connectivity index (χ1) is 11.7. The van der Waals surface area contributed by atoms with Gasteiger partial charge in [-0.25, -0.2) is 0 Å². The smallest absolute Gasteiger partial charge is 0.254 e. The van der Waals surface area contributed by atoms with Crippen LogP contribution in [0.3, 0.4) is 0 Å². The maximum absolute atomic E-state index is 13.0. The Kier molecular flexibility index (Phi) is 3.84. The highest BCUT2D eigenvalue weighted by Gasteiger charge is 2.51. The lowest BCUT2D eigenvalue weighted by Crippen LogP contribution is -2.38. The minimum absolute atomic E-state index is 0.0455. The van der Waals surface area contributed by atoms with Crippen molar-refractivity contribution in [3.63, 3.8) is 0 Å². The van der Waals surface area contributed by atoms with Gasteiger partial charge in [0.05, 0.1) is 23.2 Å². The average Bonchev–Trinajstić information content (AvgIpc) is 3.34. The first-order valence-corrected chi connectivity index (χ1v) is 9.13. The van der Waals surface area contributed by atoms with Crippen molar-refractivity contribution in [2.75, 3.05) is 19.6 Å². The highest BCUT2D eigenvalue weighted by atomic mass is 32.1. The standard InChI is InChI=1S/C18H19N3O2S/c22-16(14-4-10-24-12-14)21-9-6-18(13-21)5-8-20(17(18)23)11-15-3-1-2-7-19-15/h1-4,7,10,12H,5-6,8-9,11,13H2/t18-/m1/s1. The number of aromatic nitrogens is 1. The lowest BCUT2D eigenvalue weighted by molar-refractivity contribution is -0.135. The van der Waals surface area contributed by atoms with Crippen LogP contribution in [0.25, 0.3) is 0 Å². The number of thiophene rings is 1. The third-order valence-electron chi connectivity index (χ3n) is 5.09. The number of carbonyl (C=O) groups is 2. The third-order valence-corrected chi connectivity index (χ3v) is 5.77. The van der Waals surface area contributed by atoms with Gasteiger partial charge in [0.2, 0.25) is 5.91 Å². The van der Waals surface area contributed by atoms with Crippen LogP contribution in [-0.2, 0) is 11.3 Å². The van der Waals surface area contributed by atoms with Crippen LogP contribution in [-0.4, -0.2) is 46.2 Å². The summed E-state index contributed by atoms with van der Waals surface area (Å²) in [6.07, 6.45) is 3.34. The Bertz CT molecular complexity index is 747. The first-order valence-electron chi connectivity index (χ1n) is 8.19. The van der Waals surface area contributed by atoms with Gasteiger partial charge in [-0.2, -0.15) is 11.3 Å². The van der Waals surface area contributed by atoms with Crippen LogP contribution in [0.4, 0.5) is 0 Å². The first kappa shape index (κ1) is 15.3. The predicted molar refractivity (Wildman–Crippen MR) is 91.5 cm³/mol. The number of rotatable bonds is 3. The van der Waals surface area contributed by atoms with E-state index in [-0.39, 0.29) is 17.2 Å². The predicted octanol–water partition coefficient (Wildman–Crippen LogP) is 2.41. The van der Waals surface area contributed by atoms with Gasteiger partial charge in [0.25, 0.3) is 5.91 Å². The maximum atomic E-state index is 13.0. The largest absolute Gasteiger partial charge is 0.338 e. The van der Waals surface area contributed by atoms with E-state index in [1.54, 1.807) is 6.20 Å². The van der Waals surface area contributed by atoms with E-state index in [0.29, 0.717) is 19.6 Å². The van der Waals surface area contributed by atoms with E-state index >= 15 is 0 Å². The Morgan fingerprint density at radius 2 is 2.12 bits per heavy atom. The van der Waals surface area contributed by atoms with Crippen molar-refractivity contribution in [1.82, 2.24) is 14.8 Å². The summed E-state index contributed by atoms with van der Waals surface area (Å²) >= 11 is 1.52. The molecule has 2 fully saturated rings. The van der Waals surface area contributed by atoms with E-state index in [9.17, 15) is 9.59 Å². The molecule has 0 unspecified atom stereocenters. The SMILES string of the molecule is O=C(c1ccsc1)N1CC[C@]2(CCN(Cc3ccccn3)C2=O)C1. The Balaban J connectivity index is 1.45. The molecule has 124 valence electrons. The summed E-state index contributed by atoms with van der Waals surface area (Å²) in [4.78, 5) is 33.5. The van der Waals surface area contributed by atoms with Crippen LogP contribution in [0.5, 0.6) is 0 Å². The van der Waals surface area contributed by atoms with Gasteiger partial charge in [0.15, 0.2) is 0 Å². The van der Waals surface area contributed by atoms with Crippen LogP contribution < -0.4 is 0 Å². The lowest BCUT2D eigenvalue weighted by atomic mass is 9.85.